The Balaban J connectivity index is 1.59. The van der Waals surface area contributed by atoms with Crippen molar-refractivity contribution in [3.05, 3.63) is 11.9 Å². The third-order valence-electron chi connectivity index (χ3n) is 4.69. The molecule has 0 radical (unpaired) electrons. The molecule has 118 valence electrons. The van der Waals surface area contributed by atoms with Crippen LogP contribution < -0.4 is 0 Å². The van der Waals surface area contributed by atoms with Crippen molar-refractivity contribution in [3.63, 3.8) is 0 Å². The van der Waals surface area contributed by atoms with E-state index in [4.69, 9.17) is 0 Å². The molecule has 2 saturated heterocycles. The molecule has 7 heteroatoms. The lowest BCUT2D eigenvalue weighted by molar-refractivity contribution is 0.206. The van der Waals surface area contributed by atoms with E-state index in [1.165, 1.54) is 32.1 Å². The van der Waals surface area contributed by atoms with Crippen molar-refractivity contribution >= 4 is 10.0 Å². The van der Waals surface area contributed by atoms with Gasteiger partial charge in [-0.2, -0.15) is 9.40 Å². The Labute approximate surface area is 126 Å². The van der Waals surface area contributed by atoms with E-state index >= 15 is 0 Å². The van der Waals surface area contributed by atoms with Crippen molar-refractivity contribution in [2.24, 2.45) is 5.92 Å². The molecular formula is C14H24N4O2S. The fourth-order valence-electron chi connectivity index (χ4n) is 3.40. The third kappa shape index (κ3) is 3.14. The molecule has 6 nitrogen and oxygen atoms in total. The minimum Gasteiger partial charge on any atom is -0.303 e. The lowest BCUT2D eigenvalue weighted by atomic mass is 9.98. The van der Waals surface area contributed by atoms with Crippen molar-refractivity contribution in [2.75, 3.05) is 32.7 Å². The fraction of sp³-hybridized carbons (Fsp3) is 0.786. The third-order valence-corrected chi connectivity index (χ3v) is 6.70. The Hall–Kier alpha value is -0.920. The van der Waals surface area contributed by atoms with E-state index in [0.29, 0.717) is 29.6 Å². The van der Waals surface area contributed by atoms with Crippen LogP contribution in [0.25, 0.3) is 0 Å². The van der Waals surface area contributed by atoms with Crippen LogP contribution in [0.3, 0.4) is 0 Å². The van der Waals surface area contributed by atoms with Crippen LogP contribution in [0.2, 0.25) is 0 Å². The standard InChI is InChI=1S/C14H24N4O2S/c1-12-14(10-15-16-12)21(19,20)18-8-4-13(5-9-18)11-17-6-2-3-7-17/h10,13H,2-9,11H2,1H3,(H,15,16). The predicted octanol–water partition coefficient (Wildman–Crippen LogP) is 1.21. The van der Waals surface area contributed by atoms with Gasteiger partial charge >= 0.3 is 0 Å². The molecule has 3 rings (SSSR count). The number of aromatic amines is 1. The lowest BCUT2D eigenvalue weighted by Crippen LogP contribution is -2.41. The molecule has 21 heavy (non-hydrogen) atoms. The van der Waals surface area contributed by atoms with Crippen LogP contribution in [-0.2, 0) is 10.0 Å². The summed E-state index contributed by atoms with van der Waals surface area (Å²) in [6.45, 7) is 6.58. The van der Waals surface area contributed by atoms with Crippen LogP contribution in [0.4, 0.5) is 0 Å². The SMILES string of the molecule is Cc1[nH]ncc1S(=O)(=O)N1CCC(CN2CCCC2)CC1. The smallest absolute Gasteiger partial charge is 0.246 e. The Morgan fingerprint density at radius 1 is 1.24 bits per heavy atom. The van der Waals surface area contributed by atoms with Gasteiger partial charge < -0.3 is 4.90 Å². The van der Waals surface area contributed by atoms with Crippen molar-refractivity contribution in [2.45, 2.75) is 37.5 Å². The molecule has 2 aliphatic rings. The second-order valence-electron chi connectivity index (χ2n) is 6.21. The van der Waals surface area contributed by atoms with Crippen molar-refractivity contribution in [1.82, 2.24) is 19.4 Å². The first-order valence-electron chi connectivity index (χ1n) is 7.80. The number of aromatic nitrogens is 2. The minimum absolute atomic E-state index is 0.320. The Morgan fingerprint density at radius 2 is 1.90 bits per heavy atom. The number of nitrogens with one attached hydrogen (secondary N) is 1. The highest BCUT2D eigenvalue weighted by Gasteiger charge is 2.31. The largest absolute Gasteiger partial charge is 0.303 e. The average molecular weight is 312 g/mol. The number of hydrogen-bond donors (Lipinski definition) is 1. The van der Waals surface area contributed by atoms with E-state index < -0.39 is 10.0 Å². The van der Waals surface area contributed by atoms with Gasteiger partial charge in [0.1, 0.15) is 4.90 Å². The molecule has 0 bridgehead atoms. The van der Waals surface area contributed by atoms with E-state index in [1.807, 2.05) is 0 Å². The Bertz CT molecular complexity index is 570. The summed E-state index contributed by atoms with van der Waals surface area (Å²) in [5.41, 5.74) is 0.620. The first kappa shape index (κ1) is 15.0. The number of rotatable bonds is 4. The van der Waals surface area contributed by atoms with Crippen LogP contribution >= 0.6 is 0 Å². The van der Waals surface area contributed by atoms with Crippen LogP contribution in [0.1, 0.15) is 31.4 Å². The van der Waals surface area contributed by atoms with Gasteiger partial charge in [0.25, 0.3) is 0 Å². The number of sulfonamides is 1. The van der Waals surface area contributed by atoms with E-state index in [0.717, 1.165) is 19.4 Å². The average Bonchev–Trinajstić information content (AvgIpc) is 3.11. The normalized spacial score (nSPS) is 22.9. The summed E-state index contributed by atoms with van der Waals surface area (Å²) < 4.78 is 26.8. The highest BCUT2D eigenvalue weighted by atomic mass is 32.2. The molecular weight excluding hydrogens is 288 g/mol. The van der Waals surface area contributed by atoms with Crippen molar-refractivity contribution in [3.8, 4) is 0 Å². The van der Waals surface area contributed by atoms with Gasteiger partial charge in [-0.1, -0.05) is 0 Å². The summed E-state index contributed by atoms with van der Waals surface area (Å²) >= 11 is 0. The van der Waals surface area contributed by atoms with Gasteiger partial charge in [0.05, 0.1) is 11.9 Å². The molecule has 2 aliphatic heterocycles. The summed E-state index contributed by atoms with van der Waals surface area (Å²) in [7, 11) is -3.37. The summed E-state index contributed by atoms with van der Waals surface area (Å²) in [4.78, 5) is 2.84. The van der Waals surface area contributed by atoms with E-state index in [2.05, 4.69) is 15.1 Å². The van der Waals surface area contributed by atoms with Crippen molar-refractivity contribution in [1.29, 1.82) is 0 Å². The van der Waals surface area contributed by atoms with Gasteiger partial charge in [-0.05, 0) is 51.6 Å². The molecule has 0 unspecified atom stereocenters. The second kappa shape index (κ2) is 6.06. The maximum Gasteiger partial charge on any atom is 0.246 e. The molecule has 0 aromatic carbocycles. The van der Waals surface area contributed by atoms with Gasteiger partial charge in [0.15, 0.2) is 0 Å². The summed E-state index contributed by atoms with van der Waals surface area (Å²) in [5.74, 6) is 0.639. The van der Waals surface area contributed by atoms with E-state index in [1.54, 1.807) is 11.2 Å². The highest BCUT2D eigenvalue weighted by molar-refractivity contribution is 7.89. The van der Waals surface area contributed by atoms with Gasteiger partial charge in [-0.25, -0.2) is 8.42 Å². The number of piperidine rings is 1. The molecule has 1 N–H and O–H groups in total. The number of hydrogen-bond acceptors (Lipinski definition) is 4. The molecule has 1 aromatic heterocycles. The van der Waals surface area contributed by atoms with Gasteiger partial charge in [-0.3, -0.25) is 5.10 Å². The number of aryl methyl sites for hydroxylation is 1. The van der Waals surface area contributed by atoms with E-state index in [9.17, 15) is 8.42 Å². The summed E-state index contributed by atoms with van der Waals surface area (Å²) in [5, 5.41) is 6.54. The number of nitrogens with zero attached hydrogens (tertiary/aromatic N) is 3. The molecule has 2 fully saturated rings. The first-order chi connectivity index (χ1) is 10.1. The molecule has 0 saturated carbocycles. The fourth-order valence-corrected chi connectivity index (χ4v) is 4.99. The lowest BCUT2D eigenvalue weighted by Gasteiger charge is -2.33. The monoisotopic (exact) mass is 312 g/mol. The topological polar surface area (TPSA) is 69.3 Å². The Kier molecular flexibility index (Phi) is 4.33. The zero-order valence-electron chi connectivity index (χ0n) is 12.6. The maximum absolute atomic E-state index is 12.6. The van der Waals surface area contributed by atoms with Crippen LogP contribution in [-0.4, -0.2) is 60.5 Å². The maximum atomic E-state index is 12.6. The second-order valence-corrected chi connectivity index (χ2v) is 8.12. The van der Waals surface area contributed by atoms with Gasteiger partial charge in [0.2, 0.25) is 10.0 Å². The summed E-state index contributed by atoms with van der Waals surface area (Å²) in [6.07, 6.45) is 5.97. The molecule has 0 aliphatic carbocycles. The Morgan fingerprint density at radius 3 is 2.48 bits per heavy atom. The zero-order chi connectivity index (χ0) is 14.9. The molecule has 1 aromatic rings. The summed E-state index contributed by atoms with van der Waals surface area (Å²) in [6, 6.07) is 0. The molecule has 0 atom stereocenters. The van der Waals surface area contributed by atoms with Crippen LogP contribution in [0.15, 0.2) is 11.1 Å². The minimum atomic E-state index is -3.37. The van der Waals surface area contributed by atoms with Crippen LogP contribution in [0, 0.1) is 12.8 Å². The number of H-pyrrole nitrogens is 1. The van der Waals surface area contributed by atoms with Gasteiger partial charge in [-0.15, -0.1) is 0 Å². The first-order valence-corrected chi connectivity index (χ1v) is 9.24. The molecule has 0 amide bonds. The highest BCUT2D eigenvalue weighted by Crippen LogP contribution is 2.26. The predicted molar refractivity (Wildman–Crippen MR) is 80.5 cm³/mol. The zero-order valence-corrected chi connectivity index (χ0v) is 13.4. The quantitative estimate of drug-likeness (QED) is 0.907. The molecule has 3 heterocycles. The number of likely N-dealkylation sites (tertiary alicyclic amines) is 1. The van der Waals surface area contributed by atoms with E-state index in [-0.39, 0.29) is 0 Å². The van der Waals surface area contributed by atoms with Crippen LogP contribution in [0.5, 0.6) is 0 Å². The molecule has 0 spiro atoms. The van der Waals surface area contributed by atoms with Gasteiger partial charge in [0, 0.05) is 19.6 Å². The van der Waals surface area contributed by atoms with Crippen molar-refractivity contribution < 1.29 is 8.42 Å².